The topological polar surface area (TPSA) is 20.2 Å². The van der Waals surface area contributed by atoms with E-state index in [0.717, 1.165) is 10.2 Å². The van der Waals surface area contributed by atoms with E-state index >= 15 is 0 Å². The van der Waals surface area contributed by atoms with Gasteiger partial charge in [-0.1, -0.05) is 13.8 Å². The molecule has 1 aromatic heterocycles. The molecule has 1 unspecified atom stereocenters. The first-order valence-electron chi connectivity index (χ1n) is 4.02. The normalized spacial score (nSPS) is 13.8. The molecule has 0 amide bonds. The Bertz CT molecular complexity index is 244. The predicted octanol–water partition coefficient (Wildman–Crippen LogP) is 3.07. The van der Waals surface area contributed by atoms with E-state index in [2.05, 4.69) is 22.0 Å². The number of halogens is 1. The molecule has 0 saturated carbocycles. The van der Waals surface area contributed by atoms with Gasteiger partial charge >= 0.3 is 0 Å². The van der Waals surface area contributed by atoms with Gasteiger partial charge in [-0.05, 0) is 34.0 Å². The van der Waals surface area contributed by atoms with Gasteiger partial charge in [0, 0.05) is 11.3 Å². The Morgan fingerprint density at radius 3 is 2.58 bits per heavy atom. The maximum Gasteiger partial charge on any atom is 0.0701 e. The highest BCUT2D eigenvalue weighted by Gasteiger charge is 2.10. The molecular formula is C9H13BrOS. The Morgan fingerprint density at radius 2 is 2.17 bits per heavy atom. The maximum atomic E-state index is 9.58. The fraction of sp³-hybridized carbons (Fsp3) is 0.556. The fourth-order valence-corrected chi connectivity index (χ4v) is 2.44. The zero-order valence-electron chi connectivity index (χ0n) is 7.25. The zero-order valence-corrected chi connectivity index (χ0v) is 9.65. The quantitative estimate of drug-likeness (QED) is 0.872. The SMILES string of the molecule is CC(C)C(O)Cc1ccc(Br)s1. The number of rotatable bonds is 3. The van der Waals surface area contributed by atoms with Crippen LogP contribution >= 0.6 is 27.3 Å². The monoisotopic (exact) mass is 248 g/mol. The third-order valence-electron chi connectivity index (χ3n) is 1.81. The largest absolute Gasteiger partial charge is 0.392 e. The molecule has 1 aromatic rings. The van der Waals surface area contributed by atoms with Gasteiger partial charge in [0.1, 0.15) is 0 Å². The highest BCUT2D eigenvalue weighted by Crippen LogP contribution is 2.24. The van der Waals surface area contributed by atoms with Gasteiger partial charge in [0.2, 0.25) is 0 Å². The summed E-state index contributed by atoms with van der Waals surface area (Å²) in [7, 11) is 0. The average Bonchev–Trinajstić information content (AvgIpc) is 2.35. The van der Waals surface area contributed by atoms with Gasteiger partial charge in [-0.3, -0.25) is 0 Å². The standard InChI is InChI=1S/C9H13BrOS/c1-6(2)8(11)5-7-3-4-9(10)12-7/h3-4,6,8,11H,5H2,1-2H3. The average molecular weight is 249 g/mol. The van der Waals surface area contributed by atoms with Crippen molar-refractivity contribution in [1.82, 2.24) is 0 Å². The van der Waals surface area contributed by atoms with E-state index in [0.29, 0.717) is 5.92 Å². The lowest BCUT2D eigenvalue weighted by Crippen LogP contribution is -2.16. The number of aliphatic hydroxyl groups excluding tert-OH is 1. The molecule has 1 N–H and O–H groups in total. The first-order valence-corrected chi connectivity index (χ1v) is 5.63. The minimum Gasteiger partial charge on any atom is -0.392 e. The molecule has 0 bridgehead atoms. The summed E-state index contributed by atoms with van der Waals surface area (Å²) in [6.45, 7) is 4.07. The first kappa shape index (κ1) is 10.2. The second-order valence-corrected chi connectivity index (χ2v) is 5.77. The summed E-state index contributed by atoms with van der Waals surface area (Å²) in [5, 5.41) is 9.58. The molecule has 1 heterocycles. The van der Waals surface area contributed by atoms with E-state index in [1.54, 1.807) is 11.3 Å². The van der Waals surface area contributed by atoms with Crippen LogP contribution in [0.15, 0.2) is 15.9 Å². The third kappa shape index (κ3) is 2.88. The molecule has 1 nitrogen and oxygen atoms in total. The molecule has 0 saturated heterocycles. The summed E-state index contributed by atoms with van der Waals surface area (Å²) in [4.78, 5) is 1.24. The second-order valence-electron chi connectivity index (χ2n) is 3.22. The van der Waals surface area contributed by atoms with Crippen LogP contribution in [0, 0.1) is 5.92 Å². The van der Waals surface area contributed by atoms with Crippen LogP contribution in [0.2, 0.25) is 0 Å². The Morgan fingerprint density at radius 1 is 1.50 bits per heavy atom. The van der Waals surface area contributed by atoms with Crippen molar-refractivity contribution in [3.8, 4) is 0 Å². The van der Waals surface area contributed by atoms with Crippen molar-refractivity contribution in [2.75, 3.05) is 0 Å². The number of hydrogen-bond donors (Lipinski definition) is 1. The molecule has 0 aliphatic carbocycles. The molecule has 0 aromatic carbocycles. The smallest absolute Gasteiger partial charge is 0.0701 e. The van der Waals surface area contributed by atoms with Crippen LogP contribution < -0.4 is 0 Å². The van der Waals surface area contributed by atoms with Gasteiger partial charge in [-0.15, -0.1) is 11.3 Å². The lowest BCUT2D eigenvalue weighted by molar-refractivity contribution is 0.126. The van der Waals surface area contributed by atoms with E-state index in [1.807, 2.05) is 19.9 Å². The molecule has 12 heavy (non-hydrogen) atoms. The molecule has 1 atom stereocenters. The Labute approximate surface area is 85.6 Å². The van der Waals surface area contributed by atoms with Crippen molar-refractivity contribution >= 4 is 27.3 Å². The molecular weight excluding hydrogens is 236 g/mol. The van der Waals surface area contributed by atoms with Crippen LogP contribution in [0.5, 0.6) is 0 Å². The number of aliphatic hydroxyl groups is 1. The van der Waals surface area contributed by atoms with Crippen LogP contribution in [-0.2, 0) is 6.42 Å². The van der Waals surface area contributed by atoms with Crippen molar-refractivity contribution in [3.05, 3.63) is 20.8 Å². The van der Waals surface area contributed by atoms with Crippen molar-refractivity contribution in [2.24, 2.45) is 5.92 Å². The summed E-state index contributed by atoms with van der Waals surface area (Å²) in [5.41, 5.74) is 0. The van der Waals surface area contributed by atoms with Gasteiger partial charge in [-0.2, -0.15) is 0 Å². The van der Waals surface area contributed by atoms with Gasteiger partial charge in [0.05, 0.1) is 9.89 Å². The molecule has 0 aliphatic heterocycles. The van der Waals surface area contributed by atoms with E-state index < -0.39 is 0 Å². The minimum atomic E-state index is -0.212. The van der Waals surface area contributed by atoms with E-state index in [4.69, 9.17) is 0 Å². The molecule has 0 aliphatic rings. The molecule has 1 rings (SSSR count). The van der Waals surface area contributed by atoms with Gasteiger partial charge in [0.25, 0.3) is 0 Å². The lowest BCUT2D eigenvalue weighted by atomic mass is 10.0. The van der Waals surface area contributed by atoms with Crippen LogP contribution in [-0.4, -0.2) is 11.2 Å². The fourth-order valence-electron chi connectivity index (χ4n) is 0.903. The van der Waals surface area contributed by atoms with Gasteiger partial charge < -0.3 is 5.11 Å². The summed E-state index contributed by atoms with van der Waals surface area (Å²) < 4.78 is 1.13. The molecule has 3 heteroatoms. The van der Waals surface area contributed by atoms with Crippen LogP contribution in [0.3, 0.4) is 0 Å². The lowest BCUT2D eigenvalue weighted by Gasteiger charge is -2.12. The van der Waals surface area contributed by atoms with Crippen LogP contribution in [0.1, 0.15) is 18.7 Å². The maximum absolute atomic E-state index is 9.58. The Hall–Kier alpha value is 0.140. The predicted molar refractivity (Wildman–Crippen MR) is 56.6 cm³/mol. The molecule has 0 spiro atoms. The van der Waals surface area contributed by atoms with E-state index in [1.165, 1.54) is 4.88 Å². The summed E-state index contributed by atoms with van der Waals surface area (Å²) in [6, 6.07) is 4.08. The van der Waals surface area contributed by atoms with Crippen LogP contribution in [0.4, 0.5) is 0 Å². The molecule has 0 fully saturated rings. The summed E-state index contributed by atoms with van der Waals surface area (Å²) in [6.07, 6.45) is 0.559. The van der Waals surface area contributed by atoms with E-state index in [-0.39, 0.29) is 6.10 Å². The number of thiophene rings is 1. The van der Waals surface area contributed by atoms with Crippen molar-refractivity contribution in [3.63, 3.8) is 0 Å². The summed E-state index contributed by atoms with van der Waals surface area (Å²) >= 11 is 5.09. The Balaban J connectivity index is 2.52. The first-order chi connectivity index (χ1) is 5.59. The van der Waals surface area contributed by atoms with Crippen molar-refractivity contribution < 1.29 is 5.11 Å². The second kappa shape index (κ2) is 4.40. The molecule has 68 valence electrons. The van der Waals surface area contributed by atoms with Crippen LogP contribution in [0.25, 0.3) is 0 Å². The third-order valence-corrected chi connectivity index (χ3v) is 3.45. The van der Waals surface area contributed by atoms with Gasteiger partial charge in [-0.25, -0.2) is 0 Å². The highest BCUT2D eigenvalue weighted by atomic mass is 79.9. The van der Waals surface area contributed by atoms with Gasteiger partial charge in [0.15, 0.2) is 0 Å². The molecule has 0 radical (unpaired) electrons. The highest BCUT2D eigenvalue weighted by molar-refractivity contribution is 9.11. The van der Waals surface area contributed by atoms with Crippen molar-refractivity contribution in [1.29, 1.82) is 0 Å². The van der Waals surface area contributed by atoms with Crippen molar-refractivity contribution in [2.45, 2.75) is 26.4 Å². The summed E-state index contributed by atoms with van der Waals surface area (Å²) in [5.74, 6) is 0.339. The minimum absolute atomic E-state index is 0.212. The number of hydrogen-bond acceptors (Lipinski definition) is 2. The van der Waals surface area contributed by atoms with E-state index in [9.17, 15) is 5.11 Å². The Kier molecular flexibility index (Phi) is 3.75. The zero-order chi connectivity index (χ0) is 9.14.